The molecule has 0 bridgehead atoms. The van der Waals surface area contributed by atoms with Gasteiger partial charge in [0.25, 0.3) is 0 Å². The van der Waals surface area contributed by atoms with Crippen molar-refractivity contribution in [2.75, 3.05) is 0 Å². The van der Waals surface area contributed by atoms with Gasteiger partial charge in [-0.2, -0.15) is 0 Å². The van der Waals surface area contributed by atoms with Gasteiger partial charge in [-0.1, -0.05) is 5.57 Å². The summed E-state index contributed by atoms with van der Waals surface area (Å²) in [7, 11) is 0. The number of hydrogen-bond acceptors (Lipinski definition) is 1. The highest BCUT2D eigenvalue weighted by Crippen LogP contribution is 2.26. The molecule has 1 fully saturated rings. The van der Waals surface area contributed by atoms with Crippen molar-refractivity contribution in [3.8, 4) is 0 Å². The summed E-state index contributed by atoms with van der Waals surface area (Å²) in [6, 6.07) is 0. The minimum absolute atomic E-state index is 0.833. The summed E-state index contributed by atoms with van der Waals surface area (Å²) in [4.78, 5) is 0. The highest BCUT2D eigenvalue weighted by atomic mass is 14.5. The molecule has 0 amide bonds. The van der Waals surface area contributed by atoms with Crippen LogP contribution in [0.4, 0.5) is 0 Å². The lowest BCUT2D eigenvalue weighted by Crippen LogP contribution is -1.61. The second-order valence-electron chi connectivity index (χ2n) is 2.13. The Morgan fingerprint density at radius 3 is 2.00 bits per heavy atom. The van der Waals surface area contributed by atoms with Crippen LogP contribution in [0.25, 0.3) is 0 Å². The highest BCUT2D eigenvalue weighted by Gasteiger charge is 2.21. The third-order valence-corrected chi connectivity index (χ3v) is 1.20. The average molecular weight is 95.1 g/mol. The number of rotatable bonds is 0. The van der Waals surface area contributed by atoms with Crippen LogP contribution in [0.5, 0.6) is 0 Å². The van der Waals surface area contributed by atoms with Gasteiger partial charge in [-0.05, 0) is 19.4 Å². The molecule has 1 heteroatoms. The molecule has 0 aromatic heterocycles. The van der Waals surface area contributed by atoms with Crippen LogP contribution in [0.1, 0.15) is 20.3 Å². The number of hydrogen-bond donors (Lipinski definition) is 1. The van der Waals surface area contributed by atoms with E-state index in [9.17, 15) is 0 Å². The van der Waals surface area contributed by atoms with E-state index in [0.29, 0.717) is 0 Å². The van der Waals surface area contributed by atoms with Crippen LogP contribution in [0.2, 0.25) is 0 Å². The van der Waals surface area contributed by atoms with Crippen LogP contribution in [-0.2, 0) is 0 Å². The Morgan fingerprint density at radius 2 is 2.00 bits per heavy atom. The second-order valence-corrected chi connectivity index (χ2v) is 2.13. The third kappa shape index (κ3) is 0.710. The maximum absolute atomic E-state index is 7.04. The Hall–Kier alpha value is -0.590. The van der Waals surface area contributed by atoms with Gasteiger partial charge in [0.1, 0.15) is 0 Å². The van der Waals surface area contributed by atoms with Gasteiger partial charge in [-0.3, -0.25) is 0 Å². The summed E-state index contributed by atoms with van der Waals surface area (Å²) in [5.41, 5.74) is 3.41. The van der Waals surface area contributed by atoms with Crippen molar-refractivity contribution in [1.29, 1.82) is 5.41 Å². The van der Waals surface area contributed by atoms with Crippen molar-refractivity contribution in [3.05, 3.63) is 11.1 Å². The Morgan fingerprint density at radius 1 is 1.57 bits per heavy atom. The van der Waals surface area contributed by atoms with Gasteiger partial charge < -0.3 is 5.41 Å². The van der Waals surface area contributed by atoms with Crippen LogP contribution in [0.15, 0.2) is 11.1 Å². The first-order valence-electron chi connectivity index (χ1n) is 2.46. The van der Waals surface area contributed by atoms with Crippen molar-refractivity contribution in [1.82, 2.24) is 0 Å². The molecular formula is C6H9N. The van der Waals surface area contributed by atoms with Crippen LogP contribution in [-0.4, -0.2) is 5.71 Å². The lowest BCUT2D eigenvalue weighted by atomic mass is 10.3. The SMILES string of the molecule is CC(C)=C1CC1=N. The molecule has 1 aliphatic rings. The largest absolute Gasteiger partial charge is 0.305 e. The minimum Gasteiger partial charge on any atom is -0.305 e. The lowest BCUT2D eigenvalue weighted by Gasteiger charge is -1.76. The first-order chi connectivity index (χ1) is 3.22. The Kier molecular flexibility index (Phi) is 0.775. The molecule has 38 valence electrons. The summed E-state index contributed by atoms with van der Waals surface area (Å²) in [5, 5.41) is 7.04. The maximum atomic E-state index is 7.04. The Labute approximate surface area is 43.6 Å². The van der Waals surface area contributed by atoms with Crippen molar-refractivity contribution in [3.63, 3.8) is 0 Å². The molecule has 0 aliphatic heterocycles. The van der Waals surface area contributed by atoms with E-state index in [-0.39, 0.29) is 0 Å². The van der Waals surface area contributed by atoms with E-state index in [1.807, 2.05) is 0 Å². The number of allylic oxidation sites excluding steroid dienone is 2. The average Bonchev–Trinajstić information content (AvgIpc) is 2.17. The van der Waals surface area contributed by atoms with Gasteiger partial charge in [0.05, 0.1) is 0 Å². The topological polar surface area (TPSA) is 23.9 Å². The summed E-state index contributed by atoms with van der Waals surface area (Å²) >= 11 is 0. The molecule has 0 aromatic carbocycles. The molecule has 1 aliphatic carbocycles. The van der Waals surface area contributed by atoms with Gasteiger partial charge in [0, 0.05) is 12.1 Å². The predicted octanol–water partition coefficient (Wildman–Crippen LogP) is 1.75. The molecule has 0 spiro atoms. The zero-order chi connectivity index (χ0) is 5.44. The summed E-state index contributed by atoms with van der Waals surface area (Å²) < 4.78 is 0. The van der Waals surface area contributed by atoms with Gasteiger partial charge >= 0.3 is 0 Å². The molecule has 0 heterocycles. The molecule has 0 unspecified atom stereocenters. The molecular weight excluding hydrogens is 86.1 g/mol. The van der Waals surface area contributed by atoms with Gasteiger partial charge in [0.15, 0.2) is 0 Å². The third-order valence-electron chi connectivity index (χ3n) is 1.20. The molecule has 1 saturated carbocycles. The van der Waals surface area contributed by atoms with E-state index in [2.05, 4.69) is 13.8 Å². The molecule has 1 N–H and O–H groups in total. The first-order valence-corrected chi connectivity index (χ1v) is 2.46. The minimum atomic E-state index is 0.833. The molecule has 7 heavy (non-hydrogen) atoms. The quantitative estimate of drug-likeness (QED) is 0.474. The zero-order valence-corrected chi connectivity index (χ0v) is 4.71. The lowest BCUT2D eigenvalue weighted by molar-refractivity contribution is 1.36. The van der Waals surface area contributed by atoms with Crippen LogP contribution in [0.3, 0.4) is 0 Å². The standard InChI is InChI=1S/C6H9N/c1-4(2)5-3-6(5)7/h7H,3H2,1-2H3. The normalized spacial score (nSPS) is 17.4. The summed E-state index contributed by atoms with van der Waals surface area (Å²) in [5.74, 6) is 0. The van der Waals surface area contributed by atoms with Crippen molar-refractivity contribution < 1.29 is 0 Å². The predicted molar refractivity (Wildman–Crippen MR) is 30.7 cm³/mol. The number of nitrogens with one attached hydrogen (secondary N) is 1. The molecule has 1 rings (SSSR count). The Balaban J connectivity index is 2.78. The van der Waals surface area contributed by atoms with E-state index in [1.54, 1.807) is 0 Å². The molecule has 0 aromatic rings. The van der Waals surface area contributed by atoms with E-state index in [4.69, 9.17) is 5.41 Å². The highest BCUT2D eigenvalue weighted by molar-refractivity contribution is 6.16. The smallest absolute Gasteiger partial charge is 0.0393 e. The second kappa shape index (κ2) is 1.19. The molecule has 0 saturated heterocycles. The van der Waals surface area contributed by atoms with Crippen LogP contribution < -0.4 is 0 Å². The van der Waals surface area contributed by atoms with Crippen molar-refractivity contribution in [2.45, 2.75) is 20.3 Å². The molecule has 0 atom stereocenters. The summed E-state index contributed by atoms with van der Waals surface area (Å²) in [6.45, 7) is 4.10. The summed E-state index contributed by atoms with van der Waals surface area (Å²) in [6.07, 6.45) is 0.947. The fourth-order valence-electron chi connectivity index (χ4n) is 0.611. The monoisotopic (exact) mass is 95.1 g/mol. The van der Waals surface area contributed by atoms with Crippen molar-refractivity contribution >= 4 is 5.71 Å². The van der Waals surface area contributed by atoms with Gasteiger partial charge in [0.2, 0.25) is 0 Å². The first kappa shape index (κ1) is 4.57. The van der Waals surface area contributed by atoms with E-state index >= 15 is 0 Å². The van der Waals surface area contributed by atoms with E-state index < -0.39 is 0 Å². The zero-order valence-electron chi connectivity index (χ0n) is 4.71. The van der Waals surface area contributed by atoms with Gasteiger partial charge in [-0.15, -0.1) is 0 Å². The fraction of sp³-hybridized carbons (Fsp3) is 0.500. The van der Waals surface area contributed by atoms with Gasteiger partial charge in [-0.25, -0.2) is 0 Å². The van der Waals surface area contributed by atoms with Crippen molar-refractivity contribution in [2.24, 2.45) is 0 Å². The van der Waals surface area contributed by atoms with Crippen LogP contribution in [0, 0.1) is 5.41 Å². The fourth-order valence-corrected chi connectivity index (χ4v) is 0.611. The Bertz CT molecular complexity index is 138. The van der Waals surface area contributed by atoms with E-state index in [0.717, 1.165) is 12.1 Å². The maximum Gasteiger partial charge on any atom is 0.0393 e. The van der Waals surface area contributed by atoms with Crippen LogP contribution >= 0.6 is 0 Å². The molecule has 0 radical (unpaired) electrons. The van der Waals surface area contributed by atoms with E-state index in [1.165, 1.54) is 11.1 Å². The molecule has 1 nitrogen and oxygen atoms in total.